The molecule has 2 aromatic carbocycles. The van der Waals surface area contributed by atoms with E-state index in [0.717, 1.165) is 17.3 Å². The summed E-state index contributed by atoms with van der Waals surface area (Å²) >= 11 is 3.36. The molecule has 2 heterocycles. The fraction of sp³-hybridized carbons (Fsp3) is 0.182. The molecule has 3 N–H and O–H groups in total. The minimum Gasteiger partial charge on any atom is -0.507 e. The number of aryl methyl sites for hydroxylation is 3. The molecule has 164 valence electrons. The molecule has 2 aromatic heterocycles. The van der Waals surface area contributed by atoms with E-state index in [1.165, 1.54) is 16.3 Å². The molecule has 10 heteroatoms. The van der Waals surface area contributed by atoms with Gasteiger partial charge in [0.15, 0.2) is 11.2 Å². The number of hydrazone groups is 1. The molecule has 0 radical (unpaired) electrons. The molecular weight excluding hydrogens is 476 g/mol. The van der Waals surface area contributed by atoms with Crippen molar-refractivity contribution in [3.8, 4) is 5.75 Å². The summed E-state index contributed by atoms with van der Waals surface area (Å²) in [6.07, 6.45) is 3.03. The summed E-state index contributed by atoms with van der Waals surface area (Å²) in [5.41, 5.74) is 4.06. The van der Waals surface area contributed by atoms with E-state index < -0.39 is 11.2 Å². The number of hydrogen-bond donors (Lipinski definition) is 3. The second kappa shape index (κ2) is 9.23. The number of H-pyrrole nitrogens is 1. The molecule has 4 aromatic rings. The first-order chi connectivity index (χ1) is 15.4. The third-order valence-corrected chi connectivity index (χ3v) is 5.55. The molecule has 0 fully saturated rings. The quantitative estimate of drug-likeness (QED) is 0.268. The Balaban J connectivity index is 1.66. The highest BCUT2D eigenvalue weighted by Gasteiger charge is 2.17. The minimum atomic E-state index is -0.537. The van der Waals surface area contributed by atoms with Gasteiger partial charge in [-0.1, -0.05) is 46.3 Å². The van der Waals surface area contributed by atoms with Crippen LogP contribution in [0.5, 0.6) is 5.75 Å². The number of hydrogen-bond acceptors (Lipinski definition) is 6. The Morgan fingerprint density at radius 1 is 1.22 bits per heavy atom. The number of nitrogens with one attached hydrogen (secondary N) is 2. The Morgan fingerprint density at radius 3 is 2.78 bits per heavy atom. The number of nitrogens with zero attached hydrogens (tertiary/aromatic N) is 4. The number of halogens is 1. The molecule has 0 saturated heterocycles. The number of phenolic OH excluding ortho intramolecular Hbond substituents is 1. The predicted octanol–water partition coefficient (Wildman–Crippen LogP) is 2.97. The Morgan fingerprint density at radius 2 is 2.00 bits per heavy atom. The summed E-state index contributed by atoms with van der Waals surface area (Å²) in [6, 6.07) is 15.0. The summed E-state index contributed by atoms with van der Waals surface area (Å²) in [7, 11) is 1.55. The predicted molar refractivity (Wildman–Crippen MR) is 127 cm³/mol. The van der Waals surface area contributed by atoms with E-state index in [0.29, 0.717) is 23.6 Å². The van der Waals surface area contributed by atoms with Gasteiger partial charge in [0.25, 0.3) is 5.56 Å². The highest BCUT2D eigenvalue weighted by Crippen LogP contribution is 2.21. The first-order valence-corrected chi connectivity index (χ1v) is 10.7. The maximum absolute atomic E-state index is 12.6. The number of aromatic nitrogens is 4. The smallest absolute Gasteiger partial charge is 0.329 e. The Kier molecular flexibility index (Phi) is 6.22. The molecule has 9 nitrogen and oxygen atoms in total. The van der Waals surface area contributed by atoms with Crippen LogP contribution in [0.3, 0.4) is 0 Å². The van der Waals surface area contributed by atoms with Crippen LogP contribution in [0.25, 0.3) is 11.2 Å². The highest BCUT2D eigenvalue weighted by atomic mass is 79.9. The van der Waals surface area contributed by atoms with Gasteiger partial charge in [-0.3, -0.25) is 14.3 Å². The molecule has 4 rings (SSSR count). The highest BCUT2D eigenvalue weighted by molar-refractivity contribution is 9.10. The van der Waals surface area contributed by atoms with Gasteiger partial charge in [-0.2, -0.15) is 10.1 Å². The lowest BCUT2D eigenvalue weighted by molar-refractivity contribution is 0.474. The molecule has 0 saturated carbocycles. The SMILES string of the molecule is Cn1c(=O)[nH]c(=O)c2c1nc(N/N=C\c1cc(Br)ccc1O)n2CCCc1ccccc1. The van der Waals surface area contributed by atoms with Crippen molar-refractivity contribution in [1.29, 1.82) is 0 Å². The topological polar surface area (TPSA) is 117 Å². The van der Waals surface area contributed by atoms with Crippen LogP contribution in [0.2, 0.25) is 0 Å². The summed E-state index contributed by atoms with van der Waals surface area (Å²) in [5, 5.41) is 14.2. The van der Waals surface area contributed by atoms with Crippen LogP contribution < -0.4 is 16.7 Å². The van der Waals surface area contributed by atoms with Crippen LogP contribution in [0.15, 0.2) is 67.7 Å². The van der Waals surface area contributed by atoms with E-state index in [2.05, 4.69) is 48.6 Å². The summed E-state index contributed by atoms with van der Waals surface area (Å²) in [5.74, 6) is 0.402. The molecule has 0 amide bonds. The van der Waals surface area contributed by atoms with Gasteiger partial charge in [-0.05, 0) is 36.6 Å². The Labute approximate surface area is 191 Å². The van der Waals surface area contributed by atoms with Crippen molar-refractivity contribution < 1.29 is 5.11 Å². The summed E-state index contributed by atoms with van der Waals surface area (Å²) < 4.78 is 3.81. The maximum Gasteiger partial charge on any atom is 0.329 e. The summed E-state index contributed by atoms with van der Waals surface area (Å²) in [6.45, 7) is 0.493. The Hall–Kier alpha value is -3.66. The van der Waals surface area contributed by atoms with Crippen molar-refractivity contribution in [3.05, 3.63) is 85.0 Å². The van der Waals surface area contributed by atoms with Crippen molar-refractivity contribution in [2.45, 2.75) is 19.4 Å². The fourth-order valence-electron chi connectivity index (χ4n) is 3.41. The van der Waals surface area contributed by atoms with Gasteiger partial charge in [-0.25, -0.2) is 10.2 Å². The van der Waals surface area contributed by atoms with Crippen LogP contribution in [0.1, 0.15) is 17.5 Å². The number of phenols is 1. The monoisotopic (exact) mass is 496 g/mol. The molecule has 0 spiro atoms. The van der Waals surface area contributed by atoms with Crippen LogP contribution in [0.4, 0.5) is 5.95 Å². The van der Waals surface area contributed by atoms with E-state index in [1.54, 1.807) is 29.8 Å². The molecule has 32 heavy (non-hydrogen) atoms. The molecule has 0 aliphatic rings. The van der Waals surface area contributed by atoms with Gasteiger partial charge in [0.2, 0.25) is 5.95 Å². The zero-order chi connectivity index (χ0) is 22.7. The number of fused-ring (bicyclic) bond motifs is 1. The lowest BCUT2D eigenvalue weighted by Gasteiger charge is -2.08. The average molecular weight is 497 g/mol. The zero-order valence-electron chi connectivity index (χ0n) is 17.2. The van der Waals surface area contributed by atoms with E-state index in [9.17, 15) is 14.7 Å². The van der Waals surface area contributed by atoms with Gasteiger partial charge >= 0.3 is 5.69 Å². The Bertz CT molecular complexity index is 1410. The number of benzene rings is 2. The second-order valence-corrected chi connectivity index (χ2v) is 8.16. The van der Waals surface area contributed by atoms with E-state index >= 15 is 0 Å². The summed E-state index contributed by atoms with van der Waals surface area (Å²) in [4.78, 5) is 31.3. The van der Waals surface area contributed by atoms with Crippen LogP contribution in [0, 0.1) is 0 Å². The van der Waals surface area contributed by atoms with Gasteiger partial charge in [0.05, 0.1) is 6.21 Å². The molecule has 0 bridgehead atoms. The lowest BCUT2D eigenvalue weighted by atomic mass is 10.1. The maximum atomic E-state index is 12.6. The van der Waals surface area contributed by atoms with E-state index in [1.807, 2.05) is 18.2 Å². The third kappa shape index (κ3) is 4.50. The first-order valence-electron chi connectivity index (χ1n) is 9.95. The van der Waals surface area contributed by atoms with E-state index in [-0.39, 0.29) is 11.4 Å². The number of aromatic amines is 1. The molecule has 0 aliphatic carbocycles. The fourth-order valence-corrected chi connectivity index (χ4v) is 3.79. The van der Waals surface area contributed by atoms with Gasteiger partial charge < -0.3 is 9.67 Å². The average Bonchev–Trinajstić information content (AvgIpc) is 3.14. The lowest BCUT2D eigenvalue weighted by Crippen LogP contribution is -2.29. The standard InChI is InChI=1S/C22H21BrN6O3/c1-28-19-18(20(31)26-22(28)32)29(11-5-8-14-6-3-2-4-7-14)21(25-19)27-24-13-15-12-16(23)9-10-17(15)30/h2-4,6-7,9-10,12-13,30H,5,8,11H2,1H3,(H,25,27)(H,26,31,32)/b24-13-. The number of imidazole rings is 1. The molecule has 0 atom stereocenters. The van der Waals surface area contributed by atoms with Crippen molar-refractivity contribution in [1.82, 2.24) is 19.1 Å². The third-order valence-electron chi connectivity index (χ3n) is 5.05. The van der Waals surface area contributed by atoms with Gasteiger partial charge in [0.1, 0.15) is 5.75 Å². The molecule has 0 aliphatic heterocycles. The van der Waals surface area contributed by atoms with Crippen LogP contribution >= 0.6 is 15.9 Å². The van der Waals surface area contributed by atoms with Crippen molar-refractivity contribution >= 4 is 39.3 Å². The van der Waals surface area contributed by atoms with Crippen LogP contribution in [-0.2, 0) is 20.0 Å². The van der Waals surface area contributed by atoms with Crippen molar-refractivity contribution in [2.75, 3.05) is 5.43 Å². The van der Waals surface area contributed by atoms with Crippen molar-refractivity contribution in [2.24, 2.45) is 12.1 Å². The van der Waals surface area contributed by atoms with Gasteiger partial charge in [0, 0.05) is 23.6 Å². The minimum absolute atomic E-state index is 0.0777. The van der Waals surface area contributed by atoms with Crippen molar-refractivity contribution in [3.63, 3.8) is 0 Å². The zero-order valence-corrected chi connectivity index (χ0v) is 18.8. The second-order valence-electron chi connectivity index (χ2n) is 7.24. The number of aromatic hydroxyl groups is 1. The van der Waals surface area contributed by atoms with E-state index in [4.69, 9.17) is 0 Å². The van der Waals surface area contributed by atoms with Gasteiger partial charge in [-0.15, -0.1) is 0 Å². The number of anilines is 1. The normalized spacial score (nSPS) is 11.4. The number of rotatable bonds is 7. The van der Waals surface area contributed by atoms with Crippen LogP contribution in [-0.4, -0.2) is 30.4 Å². The largest absolute Gasteiger partial charge is 0.507 e. The molecular formula is C22H21BrN6O3. The first kappa shape index (κ1) is 21.6. The molecule has 0 unspecified atom stereocenters.